The van der Waals surface area contributed by atoms with E-state index in [0.717, 1.165) is 36.3 Å². The highest BCUT2D eigenvalue weighted by atomic mass is 35.5. The highest BCUT2D eigenvalue weighted by Crippen LogP contribution is 2.31. The summed E-state index contributed by atoms with van der Waals surface area (Å²) >= 11 is 0. The first-order valence-corrected chi connectivity index (χ1v) is 9.50. The summed E-state index contributed by atoms with van der Waals surface area (Å²) < 4.78 is 5.38. The van der Waals surface area contributed by atoms with E-state index in [0.29, 0.717) is 12.2 Å². The Kier molecular flexibility index (Phi) is 7.88. The number of ketones is 1. The highest BCUT2D eigenvalue weighted by molar-refractivity contribution is 5.98. The van der Waals surface area contributed by atoms with Gasteiger partial charge in [-0.05, 0) is 73.7 Å². The smallest absolute Gasteiger partial charge is 0.220 e. The Bertz CT molecular complexity index is 821. The van der Waals surface area contributed by atoms with Crippen molar-refractivity contribution in [2.75, 3.05) is 12.3 Å². The number of nitrogens with two attached hydrogens (primary N) is 1. The van der Waals surface area contributed by atoms with Gasteiger partial charge in [-0.3, -0.25) is 9.59 Å². The van der Waals surface area contributed by atoms with E-state index < -0.39 is 0 Å². The lowest BCUT2D eigenvalue weighted by molar-refractivity contribution is -0.121. The van der Waals surface area contributed by atoms with E-state index in [1.54, 1.807) is 24.3 Å². The molecule has 0 aromatic heterocycles. The Balaban J connectivity index is 0.00000280. The Morgan fingerprint density at radius 3 is 2.61 bits per heavy atom. The number of halogens is 1. The van der Waals surface area contributed by atoms with Crippen molar-refractivity contribution in [3.8, 4) is 5.75 Å². The molecule has 5 nitrogen and oxygen atoms in total. The molecule has 150 valence electrons. The Labute approximate surface area is 172 Å². The summed E-state index contributed by atoms with van der Waals surface area (Å²) in [7, 11) is 0. The summed E-state index contributed by atoms with van der Waals surface area (Å²) in [6, 6.07) is 12.9. The van der Waals surface area contributed by atoms with Gasteiger partial charge in [0.1, 0.15) is 5.75 Å². The largest absolute Gasteiger partial charge is 0.494 e. The molecule has 1 unspecified atom stereocenters. The number of fused-ring (bicyclic) bond motifs is 1. The van der Waals surface area contributed by atoms with E-state index >= 15 is 0 Å². The number of Topliss-reactive ketones (excluding diaryl/α,β-unsaturated/α-hetero) is 1. The topological polar surface area (TPSA) is 81.4 Å². The minimum atomic E-state index is -0.0936. The van der Waals surface area contributed by atoms with Crippen molar-refractivity contribution in [3.63, 3.8) is 0 Å². The van der Waals surface area contributed by atoms with Crippen LogP contribution in [0, 0.1) is 0 Å². The molecule has 0 saturated heterocycles. The number of nitrogens with one attached hydrogen (secondary N) is 1. The van der Waals surface area contributed by atoms with Crippen molar-refractivity contribution in [1.82, 2.24) is 5.32 Å². The molecule has 3 N–H and O–H groups in total. The summed E-state index contributed by atoms with van der Waals surface area (Å²) in [4.78, 5) is 24.7. The molecule has 0 radical (unpaired) electrons. The van der Waals surface area contributed by atoms with Crippen LogP contribution in [0.2, 0.25) is 0 Å². The first-order valence-electron chi connectivity index (χ1n) is 9.50. The van der Waals surface area contributed by atoms with Crippen molar-refractivity contribution in [2.45, 2.75) is 45.1 Å². The van der Waals surface area contributed by atoms with E-state index in [9.17, 15) is 9.59 Å². The first-order chi connectivity index (χ1) is 13.1. The molecular weight excluding hydrogens is 376 g/mol. The van der Waals surface area contributed by atoms with Crippen LogP contribution in [-0.4, -0.2) is 18.3 Å². The van der Waals surface area contributed by atoms with Crippen molar-refractivity contribution in [3.05, 3.63) is 59.2 Å². The average Bonchev–Trinajstić information content (AvgIpc) is 2.67. The van der Waals surface area contributed by atoms with Gasteiger partial charge >= 0.3 is 0 Å². The van der Waals surface area contributed by atoms with Gasteiger partial charge in [0.05, 0.1) is 12.6 Å². The maximum Gasteiger partial charge on any atom is 0.220 e. The molecule has 1 atom stereocenters. The highest BCUT2D eigenvalue weighted by Gasteiger charge is 2.22. The van der Waals surface area contributed by atoms with Crippen LogP contribution in [-0.2, 0) is 11.2 Å². The normalized spacial score (nSPS) is 15.1. The molecule has 1 aliphatic carbocycles. The second-order valence-electron chi connectivity index (χ2n) is 6.85. The van der Waals surface area contributed by atoms with Gasteiger partial charge in [0.2, 0.25) is 5.91 Å². The van der Waals surface area contributed by atoms with Crippen LogP contribution in [0.5, 0.6) is 5.75 Å². The molecule has 2 aromatic carbocycles. The number of carbonyl (C=O) groups is 2. The molecule has 3 rings (SSSR count). The Hall–Kier alpha value is -2.53. The summed E-state index contributed by atoms with van der Waals surface area (Å²) in [6.07, 6.45) is 3.30. The first kappa shape index (κ1) is 21.8. The van der Waals surface area contributed by atoms with Crippen molar-refractivity contribution in [2.24, 2.45) is 0 Å². The monoisotopic (exact) mass is 402 g/mol. The number of hydrogen-bond acceptors (Lipinski definition) is 4. The van der Waals surface area contributed by atoms with Gasteiger partial charge in [-0.1, -0.05) is 6.07 Å². The molecule has 6 heteroatoms. The van der Waals surface area contributed by atoms with Gasteiger partial charge < -0.3 is 15.8 Å². The number of carbonyl (C=O) groups excluding carboxylic acids is 2. The van der Waals surface area contributed by atoms with Gasteiger partial charge in [0, 0.05) is 24.1 Å². The predicted octanol–water partition coefficient (Wildman–Crippen LogP) is 4.25. The van der Waals surface area contributed by atoms with E-state index in [1.165, 1.54) is 5.56 Å². The number of amides is 1. The number of aryl methyl sites for hydroxylation is 1. The zero-order chi connectivity index (χ0) is 19.2. The molecule has 1 amide bonds. The lowest BCUT2D eigenvalue weighted by Gasteiger charge is -2.26. The standard InChI is InChI=1S/C22H26N2O3.ClH/c1-2-27-18-9-6-15(7-10-18)21(25)12-13-22(26)24-20-5-3-4-16-14-17(23)8-11-19(16)20;/h6-11,14,20H,2-5,12-13,23H2,1H3,(H,24,26);1H. The van der Waals surface area contributed by atoms with Gasteiger partial charge in [-0.15, -0.1) is 12.4 Å². The molecular formula is C22H27ClN2O3. The molecule has 0 saturated carbocycles. The van der Waals surface area contributed by atoms with E-state index in [1.807, 2.05) is 25.1 Å². The van der Waals surface area contributed by atoms with Gasteiger partial charge in [0.25, 0.3) is 0 Å². The Morgan fingerprint density at radius 2 is 1.89 bits per heavy atom. The third-order valence-corrected chi connectivity index (χ3v) is 4.88. The Morgan fingerprint density at radius 1 is 1.14 bits per heavy atom. The number of rotatable bonds is 7. The molecule has 0 spiro atoms. The van der Waals surface area contributed by atoms with Crippen molar-refractivity contribution in [1.29, 1.82) is 0 Å². The van der Waals surface area contributed by atoms with Gasteiger partial charge in [-0.25, -0.2) is 0 Å². The maximum absolute atomic E-state index is 12.4. The third-order valence-electron chi connectivity index (χ3n) is 4.88. The minimum absolute atomic E-state index is 0. The SMILES string of the molecule is CCOc1ccc(C(=O)CCC(=O)NC2CCCc3cc(N)ccc32)cc1.Cl. The van der Waals surface area contributed by atoms with Crippen LogP contribution in [0.25, 0.3) is 0 Å². The fourth-order valence-corrected chi connectivity index (χ4v) is 3.53. The number of anilines is 1. The van der Waals surface area contributed by atoms with Gasteiger partial charge in [-0.2, -0.15) is 0 Å². The van der Waals surface area contributed by atoms with Crippen LogP contribution in [0.4, 0.5) is 5.69 Å². The van der Waals surface area contributed by atoms with Gasteiger partial charge in [0.15, 0.2) is 5.78 Å². The minimum Gasteiger partial charge on any atom is -0.494 e. The van der Waals surface area contributed by atoms with Crippen molar-refractivity contribution >= 4 is 29.8 Å². The third kappa shape index (κ3) is 5.49. The summed E-state index contributed by atoms with van der Waals surface area (Å²) in [5, 5.41) is 3.08. The van der Waals surface area contributed by atoms with Crippen LogP contribution < -0.4 is 15.8 Å². The zero-order valence-electron chi connectivity index (χ0n) is 16.1. The summed E-state index contributed by atoms with van der Waals surface area (Å²) in [5.41, 5.74) is 9.56. The predicted molar refractivity (Wildman–Crippen MR) is 113 cm³/mol. The number of nitrogen functional groups attached to an aromatic ring is 1. The molecule has 0 aliphatic heterocycles. The van der Waals surface area contributed by atoms with E-state index in [-0.39, 0.29) is 43.0 Å². The molecule has 2 aromatic rings. The molecule has 1 aliphatic rings. The summed E-state index contributed by atoms with van der Waals surface area (Å²) in [5.74, 6) is 0.609. The number of hydrogen-bond donors (Lipinski definition) is 2. The molecule has 0 fully saturated rings. The zero-order valence-corrected chi connectivity index (χ0v) is 16.9. The van der Waals surface area contributed by atoms with Crippen molar-refractivity contribution < 1.29 is 14.3 Å². The lowest BCUT2D eigenvalue weighted by atomic mass is 9.87. The lowest BCUT2D eigenvalue weighted by Crippen LogP contribution is -2.31. The van der Waals surface area contributed by atoms with Crippen LogP contribution in [0.15, 0.2) is 42.5 Å². The fourth-order valence-electron chi connectivity index (χ4n) is 3.53. The number of benzene rings is 2. The van der Waals surface area contributed by atoms with E-state index in [2.05, 4.69) is 5.32 Å². The maximum atomic E-state index is 12.4. The molecule has 0 heterocycles. The second kappa shape index (κ2) is 10.1. The quantitative estimate of drug-likeness (QED) is 0.536. The molecule has 28 heavy (non-hydrogen) atoms. The summed E-state index contributed by atoms with van der Waals surface area (Å²) in [6.45, 7) is 2.50. The van der Waals surface area contributed by atoms with Crippen LogP contribution >= 0.6 is 12.4 Å². The second-order valence-corrected chi connectivity index (χ2v) is 6.85. The van der Waals surface area contributed by atoms with E-state index in [4.69, 9.17) is 10.5 Å². The molecule has 0 bridgehead atoms. The number of ether oxygens (including phenoxy) is 1. The van der Waals surface area contributed by atoms with Crippen LogP contribution in [0.1, 0.15) is 60.1 Å². The average molecular weight is 403 g/mol. The fraction of sp³-hybridized carbons (Fsp3) is 0.364. The van der Waals surface area contributed by atoms with Crippen LogP contribution in [0.3, 0.4) is 0 Å².